The summed E-state index contributed by atoms with van der Waals surface area (Å²) in [6.07, 6.45) is 6.61. The maximum absolute atomic E-state index is 13.1. The molecule has 1 atom stereocenters. The number of carbonyl (C=O) groups excluding carboxylic acids is 1. The number of piperidine rings is 1. The molecule has 2 aromatic rings. The first-order chi connectivity index (χ1) is 13.9. The van der Waals surface area contributed by atoms with E-state index in [0.717, 1.165) is 62.0 Å². The van der Waals surface area contributed by atoms with E-state index in [2.05, 4.69) is 10.4 Å². The van der Waals surface area contributed by atoms with Crippen molar-refractivity contribution < 1.29 is 13.2 Å². The fourth-order valence-electron chi connectivity index (χ4n) is 4.47. The normalized spacial score (nSPS) is 19.9. The molecular weight excluding hydrogens is 388 g/mol. The highest BCUT2D eigenvalue weighted by atomic mass is 32.2. The molecule has 4 rings (SSSR count). The SMILES string of the molecule is CCC1CCCCN1S(=O)(=O)c1ccc(C(=O)Nc2c3c(nn2C)CCC3)cc1. The highest BCUT2D eigenvalue weighted by molar-refractivity contribution is 7.89. The Morgan fingerprint density at radius 1 is 1.17 bits per heavy atom. The van der Waals surface area contributed by atoms with E-state index in [1.807, 2.05) is 14.0 Å². The number of fused-ring (bicyclic) bond motifs is 1. The van der Waals surface area contributed by atoms with E-state index >= 15 is 0 Å². The van der Waals surface area contributed by atoms with Gasteiger partial charge in [-0.05, 0) is 62.8 Å². The summed E-state index contributed by atoms with van der Waals surface area (Å²) in [4.78, 5) is 13.0. The van der Waals surface area contributed by atoms with Gasteiger partial charge < -0.3 is 5.32 Å². The molecule has 1 saturated heterocycles. The van der Waals surface area contributed by atoms with Crippen molar-refractivity contribution in [3.63, 3.8) is 0 Å². The molecule has 7 nitrogen and oxygen atoms in total. The predicted octanol–water partition coefficient (Wildman–Crippen LogP) is 3.11. The number of sulfonamides is 1. The third-order valence-electron chi connectivity index (χ3n) is 6.07. The van der Waals surface area contributed by atoms with E-state index in [-0.39, 0.29) is 16.8 Å². The lowest BCUT2D eigenvalue weighted by atomic mass is 10.0. The fourth-order valence-corrected chi connectivity index (χ4v) is 6.23. The summed E-state index contributed by atoms with van der Waals surface area (Å²) in [5.41, 5.74) is 2.59. The van der Waals surface area contributed by atoms with Gasteiger partial charge in [-0.25, -0.2) is 8.42 Å². The number of aryl methyl sites for hydroxylation is 2. The predicted molar refractivity (Wildman–Crippen MR) is 111 cm³/mol. The minimum absolute atomic E-state index is 0.0589. The molecule has 1 aromatic heterocycles. The minimum atomic E-state index is -3.54. The van der Waals surface area contributed by atoms with Crippen molar-refractivity contribution in [2.75, 3.05) is 11.9 Å². The van der Waals surface area contributed by atoms with Gasteiger partial charge in [-0.1, -0.05) is 13.3 Å². The summed E-state index contributed by atoms with van der Waals surface area (Å²) in [7, 11) is -1.72. The molecular formula is C21H28N4O3S. The fraction of sp³-hybridized carbons (Fsp3) is 0.524. The molecule has 1 unspecified atom stereocenters. The number of nitrogens with zero attached hydrogens (tertiary/aromatic N) is 3. The summed E-state index contributed by atoms with van der Waals surface area (Å²) < 4.78 is 29.5. The average Bonchev–Trinajstić information content (AvgIpc) is 3.30. The smallest absolute Gasteiger partial charge is 0.256 e. The number of carbonyl (C=O) groups is 1. The van der Waals surface area contributed by atoms with Gasteiger partial charge in [0.15, 0.2) is 0 Å². The van der Waals surface area contributed by atoms with Crippen LogP contribution < -0.4 is 5.32 Å². The second-order valence-electron chi connectivity index (χ2n) is 7.90. The van der Waals surface area contributed by atoms with Crippen LogP contribution >= 0.6 is 0 Å². The first kappa shape index (κ1) is 20.1. The molecule has 8 heteroatoms. The van der Waals surface area contributed by atoms with Crippen molar-refractivity contribution in [2.24, 2.45) is 7.05 Å². The Hall–Kier alpha value is -2.19. The zero-order valence-corrected chi connectivity index (χ0v) is 17.8. The van der Waals surface area contributed by atoms with Crippen molar-refractivity contribution >= 4 is 21.7 Å². The number of hydrogen-bond donors (Lipinski definition) is 1. The van der Waals surface area contributed by atoms with Crippen LogP contribution in [0.15, 0.2) is 29.2 Å². The maximum atomic E-state index is 13.1. The van der Waals surface area contributed by atoms with Gasteiger partial charge in [-0.3, -0.25) is 9.48 Å². The highest BCUT2D eigenvalue weighted by Gasteiger charge is 2.32. The van der Waals surface area contributed by atoms with E-state index in [1.54, 1.807) is 33.3 Å². The lowest BCUT2D eigenvalue weighted by Crippen LogP contribution is -2.43. The number of nitrogens with one attached hydrogen (secondary N) is 1. The molecule has 2 aliphatic rings. The van der Waals surface area contributed by atoms with E-state index in [9.17, 15) is 13.2 Å². The van der Waals surface area contributed by atoms with Gasteiger partial charge in [-0.2, -0.15) is 9.40 Å². The molecule has 1 N–H and O–H groups in total. The second-order valence-corrected chi connectivity index (χ2v) is 9.79. The van der Waals surface area contributed by atoms with Crippen LogP contribution in [0.1, 0.15) is 60.6 Å². The van der Waals surface area contributed by atoms with Gasteiger partial charge in [0.1, 0.15) is 5.82 Å². The summed E-state index contributed by atoms with van der Waals surface area (Å²) in [5, 5.41) is 7.41. The van der Waals surface area contributed by atoms with E-state index in [0.29, 0.717) is 12.1 Å². The monoisotopic (exact) mass is 416 g/mol. The van der Waals surface area contributed by atoms with Crippen molar-refractivity contribution in [1.82, 2.24) is 14.1 Å². The van der Waals surface area contributed by atoms with Crippen LogP contribution in [0.2, 0.25) is 0 Å². The molecule has 1 amide bonds. The van der Waals surface area contributed by atoms with E-state index in [1.165, 1.54) is 0 Å². The first-order valence-corrected chi connectivity index (χ1v) is 11.8. The van der Waals surface area contributed by atoms with E-state index < -0.39 is 10.0 Å². The Bertz CT molecular complexity index is 1010. The summed E-state index contributed by atoms with van der Waals surface area (Å²) in [6, 6.07) is 6.31. The standard InChI is InChI=1S/C21H28N4O3S/c1-3-16-7-4-5-14-25(16)29(27,28)17-12-10-15(11-13-17)21(26)22-20-18-8-6-9-19(18)23-24(20)2/h10-13,16H,3-9,14H2,1-2H3,(H,22,26). The number of amides is 1. The van der Waals surface area contributed by atoms with Gasteiger partial charge in [0.2, 0.25) is 10.0 Å². The molecule has 156 valence electrons. The molecule has 29 heavy (non-hydrogen) atoms. The molecule has 1 aromatic carbocycles. The van der Waals surface area contributed by atoms with Gasteiger partial charge in [0, 0.05) is 30.8 Å². The van der Waals surface area contributed by atoms with Gasteiger partial charge in [-0.15, -0.1) is 0 Å². The number of benzene rings is 1. The zero-order chi connectivity index (χ0) is 20.6. The zero-order valence-electron chi connectivity index (χ0n) is 17.0. The Morgan fingerprint density at radius 3 is 2.66 bits per heavy atom. The minimum Gasteiger partial charge on any atom is -0.307 e. The molecule has 2 heterocycles. The number of rotatable bonds is 5. The molecule has 0 saturated carbocycles. The van der Waals surface area contributed by atoms with Crippen molar-refractivity contribution in [3.8, 4) is 0 Å². The molecule has 1 fully saturated rings. The van der Waals surface area contributed by atoms with Gasteiger partial charge in [0.05, 0.1) is 10.6 Å². The summed E-state index contributed by atoms with van der Waals surface area (Å²) in [6.45, 7) is 2.59. The molecule has 0 radical (unpaired) electrons. The van der Waals surface area contributed by atoms with Gasteiger partial charge in [0.25, 0.3) is 5.91 Å². The van der Waals surface area contributed by atoms with E-state index in [4.69, 9.17) is 0 Å². The topological polar surface area (TPSA) is 84.3 Å². The van der Waals surface area contributed by atoms with Crippen molar-refractivity contribution in [2.45, 2.75) is 62.8 Å². The number of anilines is 1. The Kier molecular flexibility index (Phi) is 5.48. The van der Waals surface area contributed by atoms with Crippen LogP contribution in [-0.4, -0.2) is 41.0 Å². The average molecular weight is 417 g/mol. The Balaban J connectivity index is 1.52. The van der Waals surface area contributed by atoms with Crippen molar-refractivity contribution in [1.29, 1.82) is 0 Å². The number of aromatic nitrogens is 2. The number of hydrogen-bond acceptors (Lipinski definition) is 4. The first-order valence-electron chi connectivity index (χ1n) is 10.4. The second kappa shape index (κ2) is 7.91. The molecule has 1 aliphatic carbocycles. The maximum Gasteiger partial charge on any atom is 0.256 e. The van der Waals surface area contributed by atoms with Crippen LogP contribution in [0, 0.1) is 0 Å². The van der Waals surface area contributed by atoms with Crippen LogP contribution in [0.5, 0.6) is 0 Å². The largest absolute Gasteiger partial charge is 0.307 e. The molecule has 1 aliphatic heterocycles. The third kappa shape index (κ3) is 3.71. The highest BCUT2D eigenvalue weighted by Crippen LogP contribution is 2.29. The molecule has 0 bridgehead atoms. The lowest BCUT2D eigenvalue weighted by molar-refractivity contribution is 0.102. The van der Waals surface area contributed by atoms with Gasteiger partial charge >= 0.3 is 0 Å². The van der Waals surface area contributed by atoms with Crippen LogP contribution in [0.4, 0.5) is 5.82 Å². The summed E-state index contributed by atoms with van der Waals surface area (Å²) >= 11 is 0. The third-order valence-corrected chi connectivity index (χ3v) is 8.03. The summed E-state index contributed by atoms with van der Waals surface area (Å²) in [5.74, 6) is 0.481. The Morgan fingerprint density at radius 2 is 1.93 bits per heavy atom. The Labute approximate surface area is 172 Å². The van der Waals surface area contributed by atoms with Crippen molar-refractivity contribution in [3.05, 3.63) is 41.1 Å². The van der Waals surface area contributed by atoms with Crippen LogP contribution in [0.25, 0.3) is 0 Å². The lowest BCUT2D eigenvalue weighted by Gasteiger charge is -2.34. The molecule has 0 spiro atoms. The van der Waals surface area contributed by atoms with Crippen LogP contribution in [-0.2, 0) is 29.9 Å². The quantitative estimate of drug-likeness (QED) is 0.812. The van der Waals surface area contributed by atoms with Crippen LogP contribution in [0.3, 0.4) is 0 Å².